The average molecular weight is 224 g/mol. The molecule has 82 valence electrons. The third-order valence-corrected chi connectivity index (χ3v) is 2.62. The Morgan fingerprint density at radius 2 is 1.87 bits per heavy atom. The Morgan fingerprint density at radius 1 is 1.27 bits per heavy atom. The Hall–Kier alpha value is -0.790. The quantitative estimate of drug-likeness (QED) is 0.770. The Bertz CT molecular complexity index is 333. The topological polar surface area (TPSA) is 12.0 Å². The number of hydrogen-bond acceptors (Lipinski definition) is 1. The molecule has 0 spiro atoms. The Labute approximate surface area is 97.1 Å². The van der Waals surface area contributed by atoms with Crippen molar-refractivity contribution >= 4 is 17.7 Å². The van der Waals surface area contributed by atoms with Crippen LogP contribution in [0.5, 0.6) is 0 Å². The van der Waals surface area contributed by atoms with E-state index in [0.717, 1.165) is 18.0 Å². The summed E-state index contributed by atoms with van der Waals surface area (Å²) in [4.78, 5) is 0. The molecule has 1 rings (SSSR count). The second-order valence-corrected chi connectivity index (χ2v) is 4.18. The lowest BCUT2D eigenvalue weighted by Gasteiger charge is -2.06. The van der Waals surface area contributed by atoms with Crippen LogP contribution >= 0.6 is 11.6 Å². The van der Waals surface area contributed by atoms with Crippen LogP contribution in [-0.2, 0) is 0 Å². The Morgan fingerprint density at radius 3 is 2.40 bits per heavy atom. The molecule has 0 heterocycles. The SMILES string of the molecule is CNCCC=Cc1c(C)cc(Cl)cc1C. The fourth-order valence-corrected chi connectivity index (χ4v) is 1.94. The molecule has 0 saturated carbocycles. The summed E-state index contributed by atoms with van der Waals surface area (Å²) >= 11 is 5.97. The van der Waals surface area contributed by atoms with Crippen molar-refractivity contribution in [1.82, 2.24) is 5.32 Å². The summed E-state index contributed by atoms with van der Waals surface area (Å²) in [7, 11) is 1.96. The van der Waals surface area contributed by atoms with Gasteiger partial charge in [0.15, 0.2) is 0 Å². The van der Waals surface area contributed by atoms with E-state index in [2.05, 4.69) is 31.3 Å². The fourth-order valence-electron chi connectivity index (χ4n) is 1.61. The van der Waals surface area contributed by atoms with E-state index in [4.69, 9.17) is 11.6 Å². The van der Waals surface area contributed by atoms with Gasteiger partial charge in [-0.05, 0) is 62.7 Å². The third-order valence-electron chi connectivity index (χ3n) is 2.40. The van der Waals surface area contributed by atoms with Crippen LogP contribution in [0.3, 0.4) is 0 Å². The summed E-state index contributed by atoms with van der Waals surface area (Å²) in [5.41, 5.74) is 3.76. The summed E-state index contributed by atoms with van der Waals surface area (Å²) in [5.74, 6) is 0. The van der Waals surface area contributed by atoms with Crippen molar-refractivity contribution in [2.45, 2.75) is 20.3 Å². The highest BCUT2D eigenvalue weighted by atomic mass is 35.5. The molecule has 0 aliphatic carbocycles. The van der Waals surface area contributed by atoms with Crippen LogP contribution in [0.2, 0.25) is 5.02 Å². The van der Waals surface area contributed by atoms with Gasteiger partial charge in [-0.3, -0.25) is 0 Å². The van der Waals surface area contributed by atoms with Gasteiger partial charge in [-0.1, -0.05) is 23.8 Å². The van der Waals surface area contributed by atoms with Gasteiger partial charge in [0.05, 0.1) is 0 Å². The van der Waals surface area contributed by atoms with Gasteiger partial charge in [-0.25, -0.2) is 0 Å². The molecule has 0 fully saturated rings. The molecule has 0 aliphatic heterocycles. The molecular weight excluding hydrogens is 206 g/mol. The van der Waals surface area contributed by atoms with Gasteiger partial charge in [0.25, 0.3) is 0 Å². The summed E-state index contributed by atoms with van der Waals surface area (Å²) < 4.78 is 0. The molecule has 0 aromatic heterocycles. The number of benzene rings is 1. The van der Waals surface area contributed by atoms with Gasteiger partial charge >= 0.3 is 0 Å². The molecule has 0 atom stereocenters. The number of nitrogens with one attached hydrogen (secondary N) is 1. The lowest BCUT2D eigenvalue weighted by atomic mass is 10.0. The maximum Gasteiger partial charge on any atom is 0.0411 e. The number of halogens is 1. The molecule has 0 amide bonds. The van der Waals surface area contributed by atoms with Crippen LogP contribution in [0.4, 0.5) is 0 Å². The van der Waals surface area contributed by atoms with E-state index < -0.39 is 0 Å². The molecule has 1 aromatic carbocycles. The van der Waals surface area contributed by atoms with Crippen molar-refractivity contribution in [3.05, 3.63) is 39.9 Å². The summed E-state index contributed by atoms with van der Waals surface area (Å²) in [5, 5.41) is 3.94. The van der Waals surface area contributed by atoms with Crippen molar-refractivity contribution in [1.29, 1.82) is 0 Å². The lowest BCUT2D eigenvalue weighted by molar-refractivity contribution is 0.809. The molecule has 0 unspecified atom stereocenters. The summed E-state index contributed by atoms with van der Waals surface area (Å²) in [6.07, 6.45) is 5.43. The monoisotopic (exact) mass is 223 g/mol. The first-order chi connectivity index (χ1) is 7.15. The molecule has 1 N–H and O–H groups in total. The Balaban J connectivity index is 2.80. The van der Waals surface area contributed by atoms with Gasteiger partial charge in [-0.2, -0.15) is 0 Å². The van der Waals surface area contributed by atoms with E-state index >= 15 is 0 Å². The van der Waals surface area contributed by atoms with Gasteiger partial charge < -0.3 is 5.32 Å². The Kier molecular flexibility index (Phi) is 4.86. The van der Waals surface area contributed by atoms with Crippen LogP contribution < -0.4 is 5.32 Å². The minimum absolute atomic E-state index is 0.817. The van der Waals surface area contributed by atoms with E-state index in [1.54, 1.807) is 0 Å². The predicted molar refractivity (Wildman–Crippen MR) is 68.5 cm³/mol. The normalized spacial score (nSPS) is 11.2. The van der Waals surface area contributed by atoms with E-state index in [1.165, 1.54) is 16.7 Å². The van der Waals surface area contributed by atoms with E-state index in [0.29, 0.717) is 0 Å². The zero-order chi connectivity index (χ0) is 11.3. The van der Waals surface area contributed by atoms with Gasteiger partial charge in [0.2, 0.25) is 0 Å². The molecule has 1 aromatic rings. The van der Waals surface area contributed by atoms with Crippen molar-refractivity contribution in [3.8, 4) is 0 Å². The van der Waals surface area contributed by atoms with Gasteiger partial charge in [-0.15, -0.1) is 0 Å². The zero-order valence-electron chi connectivity index (χ0n) is 9.60. The smallest absolute Gasteiger partial charge is 0.0411 e. The first kappa shape index (κ1) is 12.3. The summed E-state index contributed by atoms with van der Waals surface area (Å²) in [6.45, 7) is 5.20. The highest BCUT2D eigenvalue weighted by molar-refractivity contribution is 6.30. The van der Waals surface area contributed by atoms with Crippen molar-refractivity contribution in [2.24, 2.45) is 0 Å². The first-order valence-electron chi connectivity index (χ1n) is 5.23. The highest BCUT2D eigenvalue weighted by Gasteiger charge is 2.00. The molecule has 1 nitrogen and oxygen atoms in total. The van der Waals surface area contributed by atoms with E-state index in [-0.39, 0.29) is 0 Å². The lowest BCUT2D eigenvalue weighted by Crippen LogP contribution is -2.05. The van der Waals surface area contributed by atoms with Gasteiger partial charge in [0.1, 0.15) is 0 Å². The van der Waals surface area contributed by atoms with Crippen LogP contribution in [0, 0.1) is 13.8 Å². The number of aryl methyl sites for hydroxylation is 2. The van der Waals surface area contributed by atoms with Crippen molar-refractivity contribution < 1.29 is 0 Å². The second kappa shape index (κ2) is 5.94. The third kappa shape index (κ3) is 3.69. The minimum atomic E-state index is 0.817. The van der Waals surface area contributed by atoms with Crippen LogP contribution in [0.1, 0.15) is 23.1 Å². The molecule has 2 heteroatoms. The van der Waals surface area contributed by atoms with Crippen molar-refractivity contribution in [2.75, 3.05) is 13.6 Å². The number of hydrogen-bond donors (Lipinski definition) is 1. The molecule has 15 heavy (non-hydrogen) atoms. The zero-order valence-corrected chi connectivity index (χ0v) is 10.4. The molecule has 0 saturated heterocycles. The largest absolute Gasteiger partial charge is 0.319 e. The minimum Gasteiger partial charge on any atom is -0.319 e. The first-order valence-corrected chi connectivity index (χ1v) is 5.61. The summed E-state index contributed by atoms with van der Waals surface area (Å²) in [6, 6.07) is 4.01. The molecule has 0 bridgehead atoms. The fraction of sp³-hybridized carbons (Fsp3) is 0.385. The molecule has 0 aliphatic rings. The highest BCUT2D eigenvalue weighted by Crippen LogP contribution is 2.21. The molecule has 0 radical (unpaired) electrons. The van der Waals surface area contributed by atoms with E-state index in [1.807, 2.05) is 19.2 Å². The van der Waals surface area contributed by atoms with Gasteiger partial charge in [0, 0.05) is 5.02 Å². The van der Waals surface area contributed by atoms with Crippen molar-refractivity contribution in [3.63, 3.8) is 0 Å². The standard InChI is InChI=1S/C13H18ClN/c1-10-8-12(14)9-11(2)13(10)6-4-5-7-15-3/h4,6,8-9,15H,5,7H2,1-3H3. The number of rotatable bonds is 4. The average Bonchev–Trinajstić information content (AvgIpc) is 2.15. The van der Waals surface area contributed by atoms with E-state index in [9.17, 15) is 0 Å². The maximum atomic E-state index is 5.97. The second-order valence-electron chi connectivity index (χ2n) is 3.75. The maximum absolute atomic E-state index is 5.97. The predicted octanol–water partition coefficient (Wildman–Crippen LogP) is 3.58. The van der Waals surface area contributed by atoms with Crippen LogP contribution in [0.15, 0.2) is 18.2 Å². The van der Waals surface area contributed by atoms with Crippen LogP contribution in [0.25, 0.3) is 6.08 Å². The molecular formula is C13H18ClN. The van der Waals surface area contributed by atoms with Crippen LogP contribution in [-0.4, -0.2) is 13.6 Å².